The molecule has 0 bridgehead atoms. The fraction of sp³-hybridized carbons (Fsp3) is 0.500. The zero-order valence-corrected chi connectivity index (χ0v) is 20.3. The monoisotopic (exact) mass is 528 g/mol. The second-order valence-electron chi connectivity index (χ2n) is 8.99. The lowest BCUT2D eigenvalue weighted by Crippen LogP contribution is -2.50. The van der Waals surface area contributed by atoms with Gasteiger partial charge < -0.3 is 30.8 Å². The minimum Gasteiger partial charge on any atom is -0.495 e. The van der Waals surface area contributed by atoms with Gasteiger partial charge in [-0.05, 0) is 25.0 Å². The van der Waals surface area contributed by atoms with E-state index in [-0.39, 0.29) is 47.0 Å². The molecule has 10 nitrogen and oxygen atoms in total. The van der Waals surface area contributed by atoms with Crippen LogP contribution in [0.2, 0.25) is 0 Å². The highest BCUT2D eigenvalue weighted by molar-refractivity contribution is 7.89. The largest absolute Gasteiger partial charge is 0.495 e. The molecule has 2 aliphatic heterocycles. The van der Waals surface area contributed by atoms with E-state index in [2.05, 4.69) is 20.6 Å². The van der Waals surface area contributed by atoms with Crippen LogP contribution in [0.15, 0.2) is 34.3 Å². The van der Waals surface area contributed by atoms with Crippen LogP contribution in [0.5, 0.6) is 5.75 Å². The molecule has 3 aliphatic rings. The number of guanidine groups is 1. The van der Waals surface area contributed by atoms with E-state index < -0.39 is 27.4 Å². The van der Waals surface area contributed by atoms with E-state index in [1.54, 1.807) is 0 Å². The van der Waals surface area contributed by atoms with E-state index in [4.69, 9.17) is 15.2 Å². The number of ether oxygens (including phenoxy) is 2. The third-order valence-electron chi connectivity index (χ3n) is 6.89. The number of hydrogen-bond donors (Lipinski definition) is 4. The molecule has 0 radical (unpaired) electrons. The third-order valence-corrected chi connectivity index (χ3v) is 8.78. The van der Waals surface area contributed by atoms with E-state index >= 15 is 0 Å². The van der Waals surface area contributed by atoms with Crippen LogP contribution < -0.4 is 21.1 Å². The highest BCUT2D eigenvalue weighted by Crippen LogP contribution is 2.50. The molecule has 1 saturated carbocycles. The van der Waals surface area contributed by atoms with Gasteiger partial charge in [0.15, 0.2) is 0 Å². The molecular weight excluding hydrogens is 501 g/mol. The van der Waals surface area contributed by atoms with Crippen molar-refractivity contribution in [2.75, 3.05) is 44.0 Å². The maximum absolute atomic E-state index is 13.7. The Morgan fingerprint density at radius 2 is 2.00 bits per heavy atom. The van der Waals surface area contributed by atoms with Crippen LogP contribution in [0.3, 0.4) is 0 Å². The lowest BCUT2D eigenvalue weighted by molar-refractivity contribution is -0.139. The summed E-state index contributed by atoms with van der Waals surface area (Å²) in [4.78, 5) is 7.19. The van der Waals surface area contributed by atoms with Crippen LogP contribution in [0.25, 0.3) is 0 Å². The molecule has 5 rings (SSSR count). The van der Waals surface area contributed by atoms with Gasteiger partial charge in [-0.25, -0.2) is 13.4 Å². The minimum atomic E-state index is -4.59. The van der Waals surface area contributed by atoms with E-state index in [0.29, 0.717) is 31.7 Å². The highest BCUT2D eigenvalue weighted by Gasteiger charge is 2.50. The second kappa shape index (κ2) is 8.94. The van der Waals surface area contributed by atoms with Crippen LogP contribution >= 0.6 is 0 Å². The number of H-pyrrole nitrogens is 1. The Kier molecular flexibility index (Phi) is 6.17. The Morgan fingerprint density at radius 3 is 2.61 bits per heavy atom. The molecule has 1 unspecified atom stereocenters. The average molecular weight is 529 g/mol. The Morgan fingerprint density at radius 1 is 1.28 bits per heavy atom. The van der Waals surface area contributed by atoms with Crippen molar-refractivity contribution in [2.45, 2.75) is 36.0 Å². The number of anilines is 2. The molecule has 196 valence electrons. The summed E-state index contributed by atoms with van der Waals surface area (Å²) in [5, 5.41) is 5.86. The Balaban J connectivity index is 1.47. The van der Waals surface area contributed by atoms with Gasteiger partial charge in [0.1, 0.15) is 17.2 Å². The molecule has 1 saturated heterocycles. The molecule has 0 amide bonds. The number of rotatable bonds is 5. The van der Waals surface area contributed by atoms with E-state index in [1.807, 2.05) is 0 Å². The summed E-state index contributed by atoms with van der Waals surface area (Å²) in [5.41, 5.74) is 4.41. The lowest BCUT2D eigenvalue weighted by Gasteiger charge is -2.43. The molecule has 36 heavy (non-hydrogen) atoms. The summed E-state index contributed by atoms with van der Waals surface area (Å²) >= 11 is 0. The van der Waals surface area contributed by atoms with Crippen LogP contribution in [-0.2, 0) is 26.6 Å². The first-order valence-corrected chi connectivity index (χ1v) is 13.0. The number of methoxy groups -OCH3 is 1. The van der Waals surface area contributed by atoms with E-state index in [1.165, 1.54) is 29.6 Å². The predicted octanol–water partition coefficient (Wildman–Crippen LogP) is 2.87. The molecule has 2 fully saturated rings. The smallest absolute Gasteiger partial charge is 0.418 e. The topological polar surface area (TPSA) is 134 Å². The number of nitrogens with zero attached hydrogens (tertiary/aromatic N) is 2. The number of nitrogens with two attached hydrogens (primary N) is 1. The van der Waals surface area contributed by atoms with Crippen LogP contribution in [0.1, 0.15) is 30.4 Å². The fourth-order valence-electron chi connectivity index (χ4n) is 4.75. The van der Waals surface area contributed by atoms with Crippen LogP contribution in [0.4, 0.5) is 24.7 Å². The molecule has 1 aliphatic carbocycles. The molecule has 2 aromatic rings. The van der Waals surface area contributed by atoms with Crippen molar-refractivity contribution in [3.05, 3.63) is 35.5 Å². The van der Waals surface area contributed by atoms with E-state index in [9.17, 15) is 21.6 Å². The van der Waals surface area contributed by atoms with E-state index in [0.717, 1.165) is 12.6 Å². The van der Waals surface area contributed by atoms with Crippen molar-refractivity contribution < 1.29 is 31.1 Å². The number of fused-ring (bicyclic) bond motifs is 1. The van der Waals surface area contributed by atoms with Crippen LogP contribution in [0, 0.1) is 5.92 Å². The normalized spacial score (nSPS) is 23.3. The standard InChI is InChI=1S/C22H27F3N6O4S/c1-34-17-11-14(36(32,33)31-7-9-35-10-8-31)5-6-16(17)28-20-29-19-18(15(12-27-19)22(23,24)25)21(26,30-20)13-3-2-4-13/h5-6,11-13,27H,2-4,7-10,26H2,1H3,(H2,28,29,30). The van der Waals surface area contributed by atoms with Gasteiger partial charge in [0, 0.05) is 36.8 Å². The van der Waals surface area contributed by atoms with Gasteiger partial charge in [-0.1, -0.05) is 6.42 Å². The maximum atomic E-state index is 13.7. The summed E-state index contributed by atoms with van der Waals surface area (Å²) in [5.74, 6) is 0.192. The van der Waals surface area contributed by atoms with Crippen molar-refractivity contribution in [2.24, 2.45) is 16.6 Å². The molecule has 1 atom stereocenters. The van der Waals surface area contributed by atoms with Gasteiger partial charge in [-0.2, -0.15) is 17.5 Å². The van der Waals surface area contributed by atoms with Gasteiger partial charge in [-0.3, -0.25) is 0 Å². The van der Waals surface area contributed by atoms with Gasteiger partial charge >= 0.3 is 6.18 Å². The number of aliphatic imine (C=N–C) groups is 1. The Labute approximate surface area is 206 Å². The first-order chi connectivity index (χ1) is 17.0. The number of aromatic amines is 1. The minimum absolute atomic E-state index is 0.0504. The van der Waals surface area contributed by atoms with Gasteiger partial charge in [0.2, 0.25) is 16.0 Å². The van der Waals surface area contributed by atoms with Gasteiger partial charge in [0.25, 0.3) is 0 Å². The zero-order chi connectivity index (χ0) is 25.7. The number of sulfonamides is 1. The van der Waals surface area contributed by atoms with Crippen molar-refractivity contribution in [3.63, 3.8) is 0 Å². The first-order valence-electron chi connectivity index (χ1n) is 11.5. The number of halogens is 3. The number of benzene rings is 1. The predicted molar refractivity (Wildman–Crippen MR) is 126 cm³/mol. The molecular formula is C22H27F3N6O4S. The maximum Gasteiger partial charge on any atom is 0.418 e. The number of hydrogen-bond acceptors (Lipinski definition) is 8. The summed E-state index contributed by atoms with van der Waals surface area (Å²) in [6.07, 6.45) is -1.52. The van der Waals surface area contributed by atoms with Gasteiger partial charge in [0.05, 0.1) is 36.5 Å². The number of alkyl halides is 3. The third kappa shape index (κ3) is 4.21. The molecule has 0 spiro atoms. The summed E-state index contributed by atoms with van der Waals surface area (Å²) in [6.45, 7) is 1.15. The molecule has 1 aromatic heterocycles. The Hall–Kier alpha value is -2.81. The van der Waals surface area contributed by atoms with Crippen molar-refractivity contribution in [3.8, 4) is 5.75 Å². The summed E-state index contributed by atoms with van der Waals surface area (Å²) < 4.78 is 79.2. The van der Waals surface area contributed by atoms with Crippen molar-refractivity contribution in [1.29, 1.82) is 0 Å². The number of morpholine rings is 1. The molecule has 3 heterocycles. The number of aromatic nitrogens is 1. The summed E-state index contributed by atoms with van der Waals surface area (Å²) in [6, 6.07) is 4.34. The highest BCUT2D eigenvalue weighted by atomic mass is 32.2. The summed E-state index contributed by atoms with van der Waals surface area (Å²) in [7, 11) is -2.36. The molecule has 5 N–H and O–H groups in total. The van der Waals surface area contributed by atoms with Crippen molar-refractivity contribution in [1.82, 2.24) is 9.29 Å². The van der Waals surface area contributed by atoms with Gasteiger partial charge in [-0.15, -0.1) is 0 Å². The first kappa shape index (κ1) is 24.9. The molecule has 1 aromatic carbocycles. The van der Waals surface area contributed by atoms with Crippen molar-refractivity contribution >= 4 is 27.5 Å². The average Bonchev–Trinajstić information content (AvgIpc) is 3.24. The Bertz CT molecular complexity index is 1290. The quantitative estimate of drug-likeness (QED) is 0.469. The second-order valence-corrected chi connectivity index (χ2v) is 10.9. The molecule has 14 heteroatoms. The fourth-order valence-corrected chi connectivity index (χ4v) is 6.17. The van der Waals surface area contributed by atoms with Crippen LogP contribution in [-0.4, -0.2) is 57.1 Å². The number of nitrogens with one attached hydrogen (secondary N) is 3. The SMILES string of the molecule is COc1cc(S(=O)(=O)N2CCOCC2)ccc1NC1=NC(N)(C2CCC2)c2c(C(F)(F)F)c[nH]c2N1. The lowest BCUT2D eigenvalue weighted by atomic mass is 9.72. The zero-order valence-electron chi connectivity index (χ0n) is 19.5.